The molecule has 0 spiro atoms. The molecule has 8 heteroatoms. The first-order valence-electron chi connectivity index (χ1n) is 5.90. The maximum atomic E-state index is 10.9. The van der Waals surface area contributed by atoms with Crippen LogP contribution in [0.15, 0.2) is 18.2 Å². The van der Waals surface area contributed by atoms with Gasteiger partial charge in [-0.2, -0.15) is 0 Å². The molecule has 1 aromatic carbocycles. The highest BCUT2D eigenvalue weighted by atomic mass is 16.6. The van der Waals surface area contributed by atoms with Crippen molar-refractivity contribution in [2.24, 2.45) is 0 Å². The van der Waals surface area contributed by atoms with Crippen LogP contribution in [0, 0.1) is 10.1 Å². The minimum absolute atomic E-state index is 0.108. The lowest BCUT2D eigenvalue weighted by Gasteiger charge is -2.18. The molecular weight excluding hydrogens is 268 g/mol. The molecule has 0 saturated heterocycles. The van der Waals surface area contributed by atoms with Crippen LogP contribution in [-0.2, 0) is 0 Å². The molecule has 2 atom stereocenters. The van der Waals surface area contributed by atoms with Gasteiger partial charge in [0.15, 0.2) is 0 Å². The molecule has 0 saturated carbocycles. The minimum atomic E-state index is -1.45. The van der Waals surface area contributed by atoms with E-state index in [0.29, 0.717) is 6.54 Å². The molecule has 0 heterocycles. The molecule has 2 unspecified atom stereocenters. The fraction of sp³-hybridized carbons (Fsp3) is 0.417. The lowest BCUT2D eigenvalue weighted by atomic mass is 9.98. The van der Waals surface area contributed by atoms with Crippen molar-refractivity contribution in [1.82, 2.24) is 5.32 Å². The Labute approximate surface area is 114 Å². The summed E-state index contributed by atoms with van der Waals surface area (Å²) < 4.78 is 0. The standard InChI is InChI=1S/C12H16N2O6/c1-13-5-4-10(15)11(16)8-3-2-7(12(17)18)6-9(8)14(19)20/h2-3,6,10-11,13,15-16H,4-5H2,1H3,(H,17,18). The molecule has 0 radical (unpaired) electrons. The van der Waals surface area contributed by atoms with Gasteiger partial charge < -0.3 is 20.6 Å². The number of nitro benzene ring substituents is 1. The number of nitrogens with one attached hydrogen (secondary N) is 1. The van der Waals surface area contributed by atoms with Gasteiger partial charge in [-0.05, 0) is 32.1 Å². The maximum Gasteiger partial charge on any atom is 0.335 e. The van der Waals surface area contributed by atoms with Gasteiger partial charge in [0, 0.05) is 6.07 Å². The van der Waals surface area contributed by atoms with E-state index in [2.05, 4.69) is 5.32 Å². The third-order valence-electron chi connectivity index (χ3n) is 2.85. The van der Waals surface area contributed by atoms with Crippen LogP contribution in [0.2, 0.25) is 0 Å². The Morgan fingerprint density at radius 2 is 2.10 bits per heavy atom. The molecule has 0 aromatic heterocycles. The van der Waals surface area contributed by atoms with E-state index < -0.39 is 28.8 Å². The largest absolute Gasteiger partial charge is 0.478 e. The van der Waals surface area contributed by atoms with Crippen molar-refractivity contribution in [1.29, 1.82) is 0 Å². The lowest BCUT2D eigenvalue weighted by molar-refractivity contribution is -0.386. The van der Waals surface area contributed by atoms with E-state index >= 15 is 0 Å². The Bertz CT molecular complexity index is 505. The molecule has 0 aliphatic rings. The van der Waals surface area contributed by atoms with Gasteiger partial charge in [-0.3, -0.25) is 10.1 Å². The molecule has 1 aromatic rings. The van der Waals surface area contributed by atoms with E-state index in [4.69, 9.17) is 5.11 Å². The Morgan fingerprint density at radius 1 is 1.45 bits per heavy atom. The Kier molecular flexibility index (Phi) is 5.56. The molecule has 110 valence electrons. The molecule has 0 aliphatic carbocycles. The van der Waals surface area contributed by atoms with Crippen LogP contribution in [0.5, 0.6) is 0 Å². The van der Waals surface area contributed by atoms with Crippen molar-refractivity contribution in [2.45, 2.75) is 18.6 Å². The molecule has 0 amide bonds. The van der Waals surface area contributed by atoms with Gasteiger partial charge in [-0.15, -0.1) is 0 Å². The van der Waals surface area contributed by atoms with Crippen molar-refractivity contribution in [3.8, 4) is 0 Å². The summed E-state index contributed by atoms with van der Waals surface area (Å²) in [5, 5.41) is 42.2. The van der Waals surface area contributed by atoms with Crippen LogP contribution in [0.1, 0.15) is 28.4 Å². The lowest BCUT2D eigenvalue weighted by Crippen LogP contribution is -2.24. The SMILES string of the molecule is CNCCC(O)C(O)c1ccc(C(=O)O)cc1[N+](=O)[O-]. The number of aliphatic hydroxyl groups excluding tert-OH is 2. The summed E-state index contributed by atoms with van der Waals surface area (Å²) >= 11 is 0. The number of aromatic carboxylic acids is 1. The molecule has 0 fully saturated rings. The normalized spacial score (nSPS) is 13.8. The van der Waals surface area contributed by atoms with E-state index in [-0.39, 0.29) is 17.5 Å². The number of carboxylic acid groups (broad SMARTS) is 1. The number of aliphatic hydroxyl groups is 2. The molecule has 1 rings (SSSR count). The van der Waals surface area contributed by atoms with Crippen LogP contribution in [-0.4, -0.2) is 45.9 Å². The fourth-order valence-electron chi connectivity index (χ4n) is 1.74. The molecule has 20 heavy (non-hydrogen) atoms. The van der Waals surface area contributed by atoms with Gasteiger partial charge in [-0.1, -0.05) is 0 Å². The van der Waals surface area contributed by atoms with E-state index in [1.807, 2.05) is 0 Å². The van der Waals surface area contributed by atoms with Gasteiger partial charge in [0.25, 0.3) is 5.69 Å². The third kappa shape index (κ3) is 3.73. The zero-order valence-corrected chi connectivity index (χ0v) is 10.8. The van der Waals surface area contributed by atoms with E-state index in [9.17, 15) is 25.1 Å². The van der Waals surface area contributed by atoms with Crippen LogP contribution in [0.3, 0.4) is 0 Å². The van der Waals surface area contributed by atoms with Crippen LogP contribution in [0.25, 0.3) is 0 Å². The molecule has 0 bridgehead atoms. The molecule has 0 aliphatic heterocycles. The molecule has 4 N–H and O–H groups in total. The summed E-state index contributed by atoms with van der Waals surface area (Å²) in [5.41, 5.74) is -0.887. The highest BCUT2D eigenvalue weighted by molar-refractivity contribution is 5.88. The average Bonchev–Trinajstić information content (AvgIpc) is 2.42. The number of hydrogen-bond acceptors (Lipinski definition) is 6. The van der Waals surface area contributed by atoms with E-state index in [1.54, 1.807) is 7.05 Å². The summed E-state index contributed by atoms with van der Waals surface area (Å²) in [6.07, 6.45) is -2.43. The third-order valence-corrected chi connectivity index (χ3v) is 2.85. The number of carbonyl (C=O) groups is 1. The van der Waals surface area contributed by atoms with Gasteiger partial charge in [-0.25, -0.2) is 4.79 Å². The number of hydrogen-bond donors (Lipinski definition) is 4. The predicted octanol–water partition coefficient (Wildman–Crippen LogP) is 0.297. The van der Waals surface area contributed by atoms with Gasteiger partial charge in [0.05, 0.1) is 22.2 Å². The van der Waals surface area contributed by atoms with Crippen molar-refractivity contribution in [3.63, 3.8) is 0 Å². The van der Waals surface area contributed by atoms with Gasteiger partial charge >= 0.3 is 5.97 Å². The summed E-state index contributed by atoms with van der Waals surface area (Å²) in [6, 6.07) is 3.17. The number of nitro groups is 1. The highest BCUT2D eigenvalue weighted by Crippen LogP contribution is 2.29. The second-order valence-corrected chi connectivity index (χ2v) is 4.24. The number of rotatable bonds is 7. The van der Waals surface area contributed by atoms with Crippen LogP contribution >= 0.6 is 0 Å². The smallest absolute Gasteiger partial charge is 0.335 e. The van der Waals surface area contributed by atoms with Crippen LogP contribution in [0.4, 0.5) is 5.69 Å². The average molecular weight is 284 g/mol. The van der Waals surface area contributed by atoms with Crippen molar-refractivity contribution in [2.75, 3.05) is 13.6 Å². The van der Waals surface area contributed by atoms with Crippen molar-refractivity contribution >= 4 is 11.7 Å². The zero-order chi connectivity index (χ0) is 15.3. The van der Waals surface area contributed by atoms with E-state index in [0.717, 1.165) is 18.2 Å². The van der Waals surface area contributed by atoms with Crippen molar-refractivity contribution < 1.29 is 25.0 Å². The monoisotopic (exact) mass is 284 g/mol. The molecular formula is C12H16N2O6. The number of carboxylic acids is 1. The topological polar surface area (TPSA) is 133 Å². The first-order valence-corrected chi connectivity index (χ1v) is 5.90. The molecule has 8 nitrogen and oxygen atoms in total. The summed E-state index contributed by atoms with van der Waals surface area (Å²) in [5.74, 6) is -1.30. The Balaban J connectivity index is 3.10. The summed E-state index contributed by atoms with van der Waals surface area (Å²) in [4.78, 5) is 21.0. The highest BCUT2D eigenvalue weighted by Gasteiger charge is 2.27. The minimum Gasteiger partial charge on any atom is -0.478 e. The summed E-state index contributed by atoms with van der Waals surface area (Å²) in [6.45, 7) is 0.430. The maximum absolute atomic E-state index is 10.9. The Morgan fingerprint density at radius 3 is 2.60 bits per heavy atom. The van der Waals surface area contributed by atoms with Crippen molar-refractivity contribution in [3.05, 3.63) is 39.4 Å². The quantitative estimate of drug-likeness (QED) is 0.418. The van der Waals surface area contributed by atoms with Crippen LogP contribution < -0.4 is 5.32 Å². The second kappa shape index (κ2) is 6.94. The second-order valence-electron chi connectivity index (χ2n) is 4.24. The Hall–Kier alpha value is -2.03. The summed E-state index contributed by atoms with van der Waals surface area (Å²) in [7, 11) is 1.67. The van der Waals surface area contributed by atoms with Gasteiger partial charge in [0.1, 0.15) is 6.10 Å². The zero-order valence-electron chi connectivity index (χ0n) is 10.8. The number of benzene rings is 1. The first kappa shape index (κ1) is 16.0. The number of nitrogens with zero attached hydrogens (tertiary/aromatic N) is 1. The predicted molar refractivity (Wildman–Crippen MR) is 69.6 cm³/mol. The fourth-order valence-corrected chi connectivity index (χ4v) is 1.74. The van der Waals surface area contributed by atoms with Gasteiger partial charge in [0.2, 0.25) is 0 Å². The first-order chi connectivity index (χ1) is 9.38. The van der Waals surface area contributed by atoms with E-state index in [1.165, 1.54) is 0 Å².